The molecule has 1 aromatic carbocycles. The van der Waals surface area contributed by atoms with E-state index in [1.165, 1.54) is 31.1 Å². The Labute approximate surface area is 205 Å². The zero-order valence-electron chi connectivity index (χ0n) is 18.9. The van der Waals surface area contributed by atoms with Crippen LogP contribution in [0.4, 0.5) is 0 Å². The highest BCUT2D eigenvalue weighted by Gasteiger charge is 2.64. The van der Waals surface area contributed by atoms with E-state index in [-0.39, 0.29) is 34.8 Å². The normalized spacial score (nSPS) is 28.7. The Kier molecular flexibility index (Phi) is 6.05. The maximum absolute atomic E-state index is 13.7. The fraction of sp³-hybridized carbons (Fsp3) is 0.375. The second-order valence-electron chi connectivity index (χ2n) is 9.24. The Balaban J connectivity index is 1.97. The molecule has 0 heterocycles. The Morgan fingerprint density at radius 1 is 1.26 bits per heavy atom. The van der Waals surface area contributed by atoms with E-state index in [2.05, 4.69) is 0 Å². The first-order valence-corrected chi connectivity index (χ1v) is 11.2. The van der Waals surface area contributed by atoms with Crippen molar-refractivity contribution in [3.63, 3.8) is 0 Å². The van der Waals surface area contributed by atoms with E-state index in [0.717, 1.165) is 0 Å². The van der Waals surface area contributed by atoms with Gasteiger partial charge in [-0.25, -0.2) is 0 Å². The molecule has 0 spiro atoms. The summed E-state index contributed by atoms with van der Waals surface area (Å²) in [5.74, 6) is -7.08. The van der Waals surface area contributed by atoms with Crippen LogP contribution in [0.25, 0.3) is 11.8 Å². The van der Waals surface area contributed by atoms with Crippen LogP contribution in [-0.2, 0) is 20.8 Å². The number of benzene rings is 1. The number of aliphatic hydroxyl groups is 4. The van der Waals surface area contributed by atoms with Crippen molar-refractivity contribution in [1.29, 1.82) is 0 Å². The second kappa shape index (κ2) is 8.49. The number of aromatic hydroxyl groups is 1. The minimum atomic E-state index is -2.68. The number of fused-ring (bicyclic) bond motifs is 3. The fourth-order valence-corrected chi connectivity index (χ4v) is 5.74. The number of phenols is 1. The van der Waals surface area contributed by atoms with Gasteiger partial charge in [-0.3, -0.25) is 19.3 Å². The highest BCUT2D eigenvalue weighted by atomic mass is 35.5. The molecule has 10 nitrogen and oxygen atoms in total. The number of rotatable bonds is 4. The van der Waals surface area contributed by atoms with Crippen molar-refractivity contribution in [2.45, 2.75) is 24.5 Å². The maximum Gasteiger partial charge on any atom is 0.255 e. The molecule has 4 rings (SSSR count). The quantitative estimate of drug-likeness (QED) is 0.319. The summed E-state index contributed by atoms with van der Waals surface area (Å²) in [6, 6.07) is 1.68. The fourth-order valence-electron chi connectivity index (χ4n) is 5.62. The number of likely N-dealkylation sites (N-methyl/N-ethyl adjacent to an activating group) is 1. The van der Waals surface area contributed by atoms with Gasteiger partial charge >= 0.3 is 0 Å². The first-order chi connectivity index (χ1) is 16.4. The number of aliphatic hydroxyl groups excluding tert-OH is 3. The van der Waals surface area contributed by atoms with Crippen LogP contribution in [0.1, 0.15) is 23.1 Å². The van der Waals surface area contributed by atoms with Crippen molar-refractivity contribution >= 4 is 40.9 Å². The standard InChI is InChI=1S/C24H25ClN2O8/c1-27(2)18-13-7-10-6-12-9(5-11(25)8-28)3-4-14(29)16(12)19(30)15(10)21(32)24(13,35)22(33)17(20(18)31)23(26)34/h3-5,10,13,18,28-30,33,35H,6-8H2,1-2H3,(H2,26,34)/b11-5-/t10-,13-,18+,24+/m1/s1. The van der Waals surface area contributed by atoms with Crippen molar-refractivity contribution < 1.29 is 39.9 Å². The van der Waals surface area contributed by atoms with Gasteiger partial charge in [0, 0.05) is 16.5 Å². The molecule has 0 unspecified atom stereocenters. The Bertz CT molecular complexity index is 1260. The van der Waals surface area contributed by atoms with Crippen LogP contribution in [0, 0.1) is 11.8 Å². The number of primary amides is 1. The Morgan fingerprint density at radius 2 is 1.91 bits per heavy atom. The monoisotopic (exact) mass is 504 g/mol. The molecule has 0 saturated heterocycles. The number of hydrogen-bond donors (Lipinski definition) is 6. The molecule has 0 aliphatic heterocycles. The van der Waals surface area contributed by atoms with Crippen LogP contribution >= 0.6 is 11.6 Å². The highest BCUT2D eigenvalue weighted by Crippen LogP contribution is 2.53. The number of carbonyl (C=O) groups excluding carboxylic acids is 3. The van der Waals surface area contributed by atoms with Gasteiger partial charge in [0.05, 0.1) is 18.2 Å². The molecule has 4 atom stereocenters. The smallest absolute Gasteiger partial charge is 0.255 e. The molecule has 0 aromatic heterocycles. The SMILES string of the molecule is CN(C)[C@@H]1C(=O)C(C(N)=O)=C(O)[C@@]2(O)C(=O)C3=C(O)c4c(O)ccc(/C=C(\Cl)CO)c4C[C@@H]3C[C@H]12. The summed E-state index contributed by atoms with van der Waals surface area (Å²) >= 11 is 5.99. The molecule has 0 bridgehead atoms. The van der Waals surface area contributed by atoms with Gasteiger partial charge < -0.3 is 31.3 Å². The summed E-state index contributed by atoms with van der Waals surface area (Å²) in [6.45, 7) is -0.429. The molecular weight excluding hydrogens is 480 g/mol. The summed E-state index contributed by atoms with van der Waals surface area (Å²) in [5, 5.41) is 53.4. The predicted octanol–water partition coefficient (Wildman–Crippen LogP) is 0.536. The lowest BCUT2D eigenvalue weighted by atomic mass is 9.57. The number of halogens is 1. The highest BCUT2D eigenvalue weighted by molar-refractivity contribution is 6.31. The first kappa shape index (κ1) is 24.9. The van der Waals surface area contributed by atoms with Crippen LogP contribution < -0.4 is 5.73 Å². The number of phenolic OH excluding ortho intramolecular Hbond substituents is 1. The van der Waals surface area contributed by atoms with Gasteiger partial charge in [0.2, 0.25) is 5.78 Å². The van der Waals surface area contributed by atoms with Crippen molar-refractivity contribution in [2.75, 3.05) is 20.7 Å². The third-order valence-electron chi connectivity index (χ3n) is 7.10. The predicted molar refractivity (Wildman–Crippen MR) is 125 cm³/mol. The van der Waals surface area contributed by atoms with E-state index in [1.807, 2.05) is 0 Å². The third kappa shape index (κ3) is 3.48. The summed E-state index contributed by atoms with van der Waals surface area (Å²) in [5.41, 5.74) is 2.44. The average molecular weight is 505 g/mol. The molecule has 0 radical (unpaired) electrons. The van der Waals surface area contributed by atoms with Crippen LogP contribution in [0.5, 0.6) is 5.75 Å². The van der Waals surface area contributed by atoms with E-state index in [4.69, 9.17) is 17.3 Å². The number of nitrogens with two attached hydrogens (primary N) is 1. The number of amides is 1. The zero-order chi connectivity index (χ0) is 26.0. The van der Waals surface area contributed by atoms with E-state index >= 15 is 0 Å². The molecule has 1 amide bonds. The first-order valence-electron chi connectivity index (χ1n) is 10.8. The maximum atomic E-state index is 13.7. The Morgan fingerprint density at radius 3 is 2.49 bits per heavy atom. The van der Waals surface area contributed by atoms with Crippen molar-refractivity contribution in [3.8, 4) is 5.75 Å². The van der Waals surface area contributed by atoms with Crippen LogP contribution in [0.15, 0.2) is 34.1 Å². The van der Waals surface area contributed by atoms with Crippen LogP contribution in [-0.4, -0.2) is 80.3 Å². The molecule has 1 fully saturated rings. The molecule has 1 saturated carbocycles. The topological polar surface area (TPSA) is 182 Å². The van der Waals surface area contributed by atoms with Crippen molar-refractivity contribution in [1.82, 2.24) is 4.90 Å². The molecule has 11 heteroatoms. The number of hydrogen-bond acceptors (Lipinski definition) is 9. The summed E-state index contributed by atoms with van der Waals surface area (Å²) in [7, 11) is 3.07. The van der Waals surface area contributed by atoms with Crippen molar-refractivity contribution in [3.05, 3.63) is 50.8 Å². The van der Waals surface area contributed by atoms with Gasteiger partial charge in [0.1, 0.15) is 22.8 Å². The summed E-state index contributed by atoms with van der Waals surface area (Å²) < 4.78 is 0. The number of nitrogens with zero attached hydrogens (tertiary/aromatic N) is 1. The molecule has 7 N–H and O–H groups in total. The van der Waals surface area contributed by atoms with Gasteiger partial charge in [-0.2, -0.15) is 0 Å². The summed E-state index contributed by atoms with van der Waals surface area (Å²) in [6.07, 6.45) is 1.59. The van der Waals surface area contributed by atoms with Gasteiger partial charge in [-0.15, -0.1) is 0 Å². The number of carbonyl (C=O) groups is 3. The summed E-state index contributed by atoms with van der Waals surface area (Å²) in [4.78, 5) is 40.2. The van der Waals surface area contributed by atoms with E-state index in [1.54, 1.807) is 6.07 Å². The van der Waals surface area contributed by atoms with E-state index < -0.39 is 64.7 Å². The van der Waals surface area contributed by atoms with E-state index in [0.29, 0.717) is 11.1 Å². The molecule has 1 aromatic rings. The Hall–Kier alpha value is -3.18. The molecule has 3 aliphatic carbocycles. The molecule has 3 aliphatic rings. The second-order valence-corrected chi connectivity index (χ2v) is 9.72. The van der Waals surface area contributed by atoms with Crippen LogP contribution in [0.3, 0.4) is 0 Å². The zero-order valence-corrected chi connectivity index (χ0v) is 19.7. The molecule has 186 valence electrons. The lowest BCUT2D eigenvalue weighted by Gasteiger charge is -2.50. The minimum Gasteiger partial charge on any atom is -0.508 e. The van der Waals surface area contributed by atoms with Gasteiger partial charge in [-0.05, 0) is 56.1 Å². The van der Waals surface area contributed by atoms with E-state index in [9.17, 15) is 39.9 Å². The lowest BCUT2D eigenvalue weighted by molar-refractivity contribution is -0.153. The molecule has 35 heavy (non-hydrogen) atoms. The number of Topliss-reactive ketones (excluding diaryl/α,β-unsaturated/α-hetero) is 2. The van der Waals surface area contributed by atoms with Gasteiger partial charge in [-0.1, -0.05) is 17.7 Å². The number of ketones is 2. The molecular formula is C24H25ClN2O8. The largest absolute Gasteiger partial charge is 0.508 e. The van der Waals surface area contributed by atoms with Crippen molar-refractivity contribution in [2.24, 2.45) is 17.6 Å². The lowest BCUT2D eigenvalue weighted by Crippen LogP contribution is -2.65. The third-order valence-corrected chi connectivity index (χ3v) is 7.33. The average Bonchev–Trinajstić information content (AvgIpc) is 2.77. The van der Waals surface area contributed by atoms with Gasteiger partial charge in [0.15, 0.2) is 11.4 Å². The minimum absolute atomic E-state index is 0.0156. The van der Waals surface area contributed by atoms with Crippen LogP contribution in [0.2, 0.25) is 0 Å². The van der Waals surface area contributed by atoms with Gasteiger partial charge in [0.25, 0.3) is 5.91 Å².